The Bertz CT molecular complexity index is 460. The molecule has 20 heavy (non-hydrogen) atoms. The van der Waals surface area contributed by atoms with E-state index in [-0.39, 0.29) is 12.6 Å². The Morgan fingerprint density at radius 3 is 2.55 bits per heavy atom. The molecule has 2 rings (SSSR count). The van der Waals surface area contributed by atoms with Crippen molar-refractivity contribution in [3.05, 3.63) is 29.3 Å². The van der Waals surface area contributed by atoms with E-state index < -0.39 is 5.97 Å². The molecule has 3 unspecified atom stereocenters. The second kappa shape index (κ2) is 6.49. The number of hydrogen-bond acceptors (Lipinski definition) is 2. The van der Waals surface area contributed by atoms with E-state index in [0.717, 1.165) is 18.5 Å². The first-order valence-corrected chi connectivity index (χ1v) is 7.59. The van der Waals surface area contributed by atoms with Gasteiger partial charge in [-0.1, -0.05) is 31.9 Å². The number of carboxylic acids is 1. The van der Waals surface area contributed by atoms with Crippen molar-refractivity contribution in [2.45, 2.75) is 39.2 Å². The van der Waals surface area contributed by atoms with Crippen LogP contribution in [-0.2, 0) is 4.79 Å². The van der Waals surface area contributed by atoms with Crippen molar-refractivity contribution in [3.8, 4) is 0 Å². The molecule has 4 heteroatoms. The quantitative estimate of drug-likeness (QED) is 0.911. The minimum atomic E-state index is -0.787. The molecule has 0 radical (unpaired) electrons. The highest BCUT2D eigenvalue weighted by Gasteiger charge is 2.31. The third kappa shape index (κ3) is 3.66. The van der Waals surface area contributed by atoms with Crippen LogP contribution in [0.1, 0.15) is 33.1 Å². The summed E-state index contributed by atoms with van der Waals surface area (Å²) >= 11 is 5.92. The fourth-order valence-corrected chi connectivity index (χ4v) is 3.24. The molecule has 1 aliphatic rings. The van der Waals surface area contributed by atoms with Gasteiger partial charge < -0.3 is 10.0 Å². The lowest BCUT2D eigenvalue weighted by Crippen LogP contribution is -2.45. The van der Waals surface area contributed by atoms with E-state index in [2.05, 4.69) is 13.8 Å². The lowest BCUT2D eigenvalue weighted by Gasteiger charge is -2.41. The molecule has 0 amide bonds. The van der Waals surface area contributed by atoms with Crippen molar-refractivity contribution in [2.75, 3.05) is 11.4 Å². The second-order valence-electron chi connectivity index (χ2n) is 5.96. The summed E-state index contributed by atoms with van der Waals surface area (Å²) in [5.74, 6) is 0.381. The van der Waals surface area contributed by atoms with Gasteiger partial charge in [-0.25, -0.2) is 0 Å². The second-order valence-corrected chi connectivity index (χ2v) is 6.40. The number of carbonyl (C=O) groups is 1. The molecule has 0 heterocycles. The monoisotopic (exact) mass is 295 g/mol. The molecule has 1 fully saturated rings. The topological polar surface area (TPSA) is 40.5 Å². The predicted octanol–water partition coefficient (Wildman–Crippen LogP) is 4.06. The van der Waals surface area contributed by atoms with E-state index in [4.69, 9.17) is 11.6 Å². The summed E-state index contributed by atoms with van der Waals surface area (Å²) in [5, 5.41) is 9.89. The van der Waals surface area contributed by atoms with E-state index >= 15 is 0 Å². The van der Waals surface area contributed by atoms with Gasteiger partial charge in [-0.2, -0.15) is 0 Å². The van der Waals surface area contributed by atoms with Crippen molar-refractivity contribution in [2.24, 2.45) is 11.8 Å². The first-order chi connectivity index (χ1) is 9.47. The highest BCUT2D eigenvalue weighted by Crippen LogP contribution is 2.34. The van der Waals surface area contributed by atoms with Crippen molar-refractivity contribution in [1.29, 1.82) is 0 Å². The Balaban J connectivity index is 2.26. The fraction of sp³-hybridized carbons (Fsp3) is 0.562. The van der Waals surface area contributed by atoms with Gasteiger partial charge in [0, 0.05) is 16.8 Å². The lowest BCUT2D eigenvalue weighted by molar-refractivity contribution is -0.135. The molecule has 0 saturated heterocycles. The fourth-order valence-electron chi connectivity index (χ4n) is 3.11. The average molecular weight is 296 g/mol. The number of aliphatic carboxylic acids is 1. The maximum atomic E-state index is 11.2. The van der Waals surface area contributed by atoms with Crippen LogP contribution in [0.3, 0.4) is 0 Å². The van der Waals surface area contributed by atoms with Gasteiger partial charge in [0.05, 0.1) is 0 Å². The zero-order valence-corrected chi connectivity index (χ0v) is 12.8. The number of halogens is 1. The Hall–Kier alpha value is -1.22. The minimum Gasteiger partial charge on any atom is -0.480 e. The first-order valence-electron chi connectivity index (χ1n) is 7.21. The molecule has 3 nitrogen and oxygen atoms in total. The SMILES string of the molecule is CC1CCC(C)C(N(CC(=O)O)c2ccc(Cl)cc2)C1. The Kier molecular flexibility index (Phi) is 4.92. The van der Waals surface area contributed by atoms with Crippen molar-refractivity contribution in [3.63, 3.8) is 0 Å². The molecule has 1 aliphatic carbocycles. The molecule has 0 aromatic heterocycles. The van der Waals surface area contributed by atoms with Crippen LogP contribution in [0.15, 0.2) is 24.3 Å². The van der Waals surface area contributed by atoms with Crippen molar-refractivity contribution >= 4 is 23.3 Å². The predicted molar refractivity (Wildman–Crippen MR) is 82.4 cm³/mol. The first kappa shape index (κ1) is 15.2. The summed E-state index contributed by atoms with van der Waals surface area (Å²) in [6.07, 6.45) is 3.45. The molecule has 3 atom stereocenters. The Labute approximate surface area is 125 Å². The van der Waals surface area contributed by atoms with Gasteiger partial charge >= 0.3 is 5.97 Å². The summed E-state index contributed by atoms with van der Waals surface area (Å²) in [4.78, 5) is 13.2. The Morgan fingerprint density at radius 1 is 1.30 bits per heavy atom. The van der Waals surface area contributed by atoms with Crippen molar-refractivity contribution in [1.82, 2.24) is 0 Å². The standard InChI is InChI=1S/C16H22ClNO2/c1-11-3-4-12(2)15(9-11)18(10-16(19)20)14-7-5-13(17)6-8-14/h5-8,11-12,15H,3-4,9-10H2,1-2H3,(H,19,20). The summed E-state index contributed by atoms with van der Waals surface area (Å²) in [5.41, 5.74) is 0.947. The molecule has 0 aliphatic heterocycles. The van der Waals surface area contributed by atoms with E-state index in [9.17, 15) is 9.90 Å². The molecule has 110 valence electrons. The third-order valence-electron chi connectivity index (χ3n) is 4.28. The van der Waals surface area contributed by atoms with E-state index in [0.29, 0.717) is 16.9 Å². The molecular weight excluding hydrogens is 274 g/mol. The van der Waals surface area contributed by atoms with Gasteiger partial charge in [0.1, 0.15) is 6.54 Å². The van der Waals surface area contributed by atoms with Crippen molar-refractivity contribution < 1.29 is 9.90 Å². The molecule has 0 bridgehead atoms. The largest absolute Gasteiger partial charge is 0.480 e. The van der Waals surface area contributed by atoms with Crippen LogP contribution in [-0.4, -0.2) is 23.7 Å². The van der Waals surface area contributed by atoms with Gasteiger partial charge in [0.25, 0.3) is 0 Å². The van der Waals surface area contributed by atoms with E-state index in [1.54, 1.807) is 0 Å². The van der Waals surface area contributed by atoms with Crippen LogP contribution in [0.4, 0.5) is 5.69 Å². The minimum absolute atomic E-state index is 0.0450. The zero-order chi connectivity index (χ0) is 14.7. The van der Waals surface area contributed by atoms with Crippen LogP contribution < -0.4 is 4.90 Å². The van der Waals surface area contributed by atoms with Gasteiger partial charge in [0.15, 0.2) is 0 Å². The molecular formula is C16H22ClNO2. The molecule has 0 spiro atoms. The van der Waals surface area contributed by atoms with Crippen LogP contribution in [0.5, 0.6) is 0 Å². The summed E-state index contributed by atoms with van der Waals surface area (Å²) < 4.78 is 0. The van der Waals surface area contributed by atoms with Crippen LogP contribution in [0.25, 0.3) is 0 Å². The lowest BCUT2D eigenvalue weighted by atomic mass is 9.79. The van der Waals surface area contributed by atoms with Gasteiger partial charge in [-0.15, -0.1) is 0 Å². The maximum Gasteiger partial charge on any atom is 0.323 e. The van der Waals surface area contributed by atoms with Gasteiger partial charge in [-0.05, 0) is 48.9 Å². The molecule has 1 N–H and O–H groups in total. The molecule has 1 saturated carbocycles. The number of anilines is 1. The van der Waals surface area contributed by atoms with E-state index in [1.807, 2.05) is 29.2 Å². The average Bonchev–Trinajstić information content (AvgIpc) is 2.40. The molecule has 1 aromatic carbocycles. The van der Waals surface area contributed by atoms with E-state index in [1.165, 1.54) is 6.42 Å². The third-order valence-corrected chi connectivity index (χ3v) is 4.53. The smallest absolute Gasteiger partial charge is 0.323 e. The number of nitrogens with zero attached hydrogens (tertiary/aromatic N) is 1. The highest BCUT2D eigenvalue weighted by atomic mass is 35.5. The number of hydrogen-bond donors (Lipinski definition) is 1. The number of rotatable bonds is 4. The Morgan fingerprint density at radius 2 is 1.95 bits per heavy atom. The van der Waals surface area contributed by atoms with Crippen LogP contribution >= 0.6 is 11.6 Å². The summed E-state index contributed by atoms with van der Waals surface area (Å²) in [7, 11) is 0. The summed E-state index contributed by atoms with van der Waals surface area (Å²) in [6, 6.07) is 7.76. The van der Waals surface area contributed by atoms with Gasteiger partial charge in [0.2, 0.25) is 0 Å². The molecule has 1 aromatic rings. The number of carboxylic acid groups (broad SMARTS) is 1. The zero-order valence-electron chi connectivity index (χ0n) is 12.1. The van der Waals surface area contributed by atoms with Crippen LogP contribution in [0, 0.1) is 11.8 Å². The van der Waals surface area contributed by atoms with Crippen LogP contribution in [0.2, 0.25) is 5.02 Å². The normalized spacial score (nSPS) is 26.2. The summed E-state index contributed by atoms with van der Waals surface area (Å²) in [6.45, 7) is 4.52. The van der Waals surface area contributed by atoms with Gasteiger partial charge in [-0.3, -0.25) is 4.79 Å². The maximum absolute atomic E-state index is 11.2. The number of benzene rings is 1. The highest BCUT2D eigenvalue weighted by molar-refractivity contribution is 6.30.